The Morgan fingerprint density at radius 1 is 0.962 bits per heavy atom. The molecule has 3 nitrogen and oxygen atoms in total. The van der Waals surface area contributed by atoms with Crippen molar-refractivity contribution in [1.29, 1.82) is 0 Å². The lowest BCUT2D eigenvalue weighted by molar-refractivity contribution is 0.0800. The first-order valence-corrected chi connectivity index (χ1v) is 7.40. The molecular weight excluding hydrogens is 357 g/mol. The van der Waals surface area contributed by atoms with E-state index in [1.807, 2.05) is 11.2 Å². The molecule has 26 heavy (non-hydrogen) atoms. The summed E-state index contributed by atoms with van der Waals surface area (Å²) < 4.78 is 72.5. The summed E-state index contributed by atoms with van der Waals surface area (Å²) in [6.45, 7) is -0.257. The van der Waals surface area contributed by atoms with Crippen molar-refractivity contribution in [2.75, 3.05) is 11.9 Å². The molecule has 0 aromatic heterocycles. The van der Waals surface area contributed by atoms with Crippen LogP contribution in [0.4, 0.5) is 27.6 Å². The Hall–Kier alpha value is -2.63. The van der Waals surface area contributed by atoms with Gasteiger partial charge in [0.2, 0.25) is 5.82 Å². The van der Waals surface area contributed by atoms with E-state index in [1.165, 1.54) is 0 Å². The third-order valence-electron chi connectivity index (χ3n) is 3.50. The largest absolute Gasteiger partial charge is 0.378 e. The minimum Gasteiger partial charge on any atom is -0.378 e. The van der Waals surface area contributed by atoms with Gasteiger partial charge in [-0.25, -0.2) is 22.0 Å². The number of hydrogen-bond acceptors (Lipinski definition) is 3. The minimum atomic E-state index is -2.28. The van der Waals surface area contributed by atoms with Crippen LogP contribution in [-0.2, 0) is 11.3 Å². The number of rotatable bonds is 7. The molecule has 0 aliphatic carbocycles. The van der Waals surface area contributed by atoms with Crippen molar-refractivity contribution in [2.45, 2.75) is 18.8 Å². The number of benzene rings is 2. The molecule has 0 aliphatic heterocycles. The average molecular weight is 371 g/mol. The van der Waals surface area contributed by atoms with Crippen LogP contribution >= 0.6 is 0 Å². The number of hydrogen-bond donors (Lipinski definition) is 2. The van der Waals surface area contributed by atoms with Crippen LogP contribution in [0, 0.1) is 41.4 Å². The van der Waals surface area contributed by atoms with Crippen molar-refractivity contribution >= 4 is 5.69 Å². The van der Waals surface area contributed by atoms with E-state index in [9.17, 15) is 27.1 Å². The third-order valence-corrected chi connectivity index (χ3v) is 3.50. The fourth-order valence-corrected chi connectivity index (χ4v) is 2.12. The SMILES string of the molecule is C#C[C@H](O)[C@H](COCc1ccccc1)Nc1c(F)c(F)c(F)c(F)c1F. The van der Waals surface area contributed by atoms with E-state index in [0.29, 0.717) is 0 Å². The first-order valence-electron chi connectivity index (χ1n) is 7.40. The lowest BCUT2D eigenvalue weighted by Gasteiger charge is -2.23. The first-order chi connectivity index (χ1) is 12.4. The number of ether oxygens (including phenoxy) is 1. The molecule has 0 saturated heterocycles. The smallest absolute Gasteiger partial charge is 0.200 e. The molecule has 0 fully saturated rings. The molecule has 0 heterocycles. The fraction of sp³-hybridized carbons (Fsp3) is 0.222. The summed E-state index contributed by atoms with van der Waals surface area (Å²) in [4.78, 5) is 0. The molecule has 0 saturated carbocycles. The van der Waals surface area contributed by atoms with Crippen LogP contribution in [0.1, 0.15) is 5.56 Å². The summed E-state index contributed by atoms with van der Waals surface area (Å²) in [6.07, 6.45) is 3.48. The lowest BCUT2D eigenvalue weighted by atomic mass is 10.1. The van der Waals surface area contributed by atoms with E-state index in [0.717, 1.165) is 5.56 Å². The Kier molecular flexibility index (Phi) is 6.55. The van der Waals surface area contributed by atoms with Gasteiger partial charge in [-0.2, -0.15) is 0 Å². The molecule has 138 valence electrons. The third kappa shape index (κ3) is 4.31. The average Bonchev–Trinajstić information content (AvgIpc) is 2.67. The quantitative estimate of drug-likeness (QED) is 0.339. The minimum absolute atomic E-state index is 0.0907. The number of terminal acetylenes is 1. The van der Waals surface area contributed by atoms with Crippen LogP contribution < -0.4 is 5.32 Å². The van der Waals surface area contributed by atoms with E-state index in [2.05, 4.69) is 0 Å². The first kappa shape index (κ1) is 19.7. The standard InChI is InChI=1S/C18H14F5NO2/c1-2-12(25)11(9-26-8-10-6-4-3-5-7-10)24-18-16(22)14(20)13(19)15(21)17(18)23/h1,3-7,11-12,24-25H,8-9H2/t11-,12-/m0/s1. The Labute approximate surface area is 146 Å². The van der Waals surface area contributed by atoms with Gasteiger partial charge in [-0.05, 0) is 5.56 Å². The summed E-state index contributed by atoms with van der Waals surface area (Å²) in [5.74, 6) is -8.68. The van der Waals surface area contributed by atoms with Crippen LogP contribution in [0.2, 0.25) is 0 Å². The highest BCUT2D eigenvalue weighted by Gasteiger charge is 2.28. The van der Waals surface area contributed by atoms with Crippen molar-refractivity contribution in [1.82, 2.24) is 0 Å². The van der Waals surface area contributed by atoms with Crippen LogP contribution in [-0.4, -0.2) is 23.9 Å². The van der Waals surface area contributed by atoms with Crippen LogP contribution in [0.15, 0.2) is 30.3 Å². The maximum absolute atomic E-state index is 13.8. The summed E-state index contributed by atoms with van der Waals surface area (Å²) in [5, 5.41) is 11.8. The molecular formula is C18H14F5NO2. The molecule has 0 bridgehead atoms. The summed E-state index contributed by atoms with van der Waals surface area (Å²) >= 11 is 0. The lowest BCUT2D eigenvalue weighted by Crippen LogP contribution is -2.37. The van der Waals surface area contributed by atoms with E-state index >= 15 is 0 Å². The summed E-state index contributed by atoms with van der Waals surface area (Å²) in [7, 11) is 0. The highest BCUT2D eigenvalue weighted by Crippen LogP contribution is 2.28. The molecule has 0 radical (unpaired) electrons. The Balaban J connectivity index is 2.17. The zero-order chi connectivity index (χ0) is 19.3. The molecule has 2 atom stereocenters. The van der Waals surface area contributed by atoms with Crippen molar-refractivity contribution in [2.24, 2.45) is 0 Å². The van der Waals surface area contributed by atoms with Gasteiger partial charge in [0.05, 0.1) is 19.3 Å². The van der Waals surface area contributed by atoms with Crippen molar-refractivity contribution in [3.63, 3.8) is 0 Å². The van der Waals surface area contributed by atoms with Crippen LogP contribution in [0.3, 0.4) is 0 Å². The summed E-state index contributed by atoms with van der Waals surface area (Å²) in [5.41, 5.74) is -0.512. The highest BCUT2D eigenvalue weighted by atomic mass is 19.2. The van der Waals surface area contributed by atoms with Crippen LogP contribution in [0.5, 0.6) is 0 Å². The Morgan fingerprint density at radius 3 is 2.04 bits per heavy atom. The molecule has 0 spiro atoms. The number of halogens is 5. The number of aliphatic hydroxyl groups is 1. The van der Waals surface area contributed by atoms with Gasteiger partial charge < -0.3 is 15.2 Å². The van der Waals surface area contributed by atoms with Crippen LogP contribution in [0.25, 0.3) is 0 Å². The van der Waals surface area contributed by atoms with Gasteiger partial charge in [-0.15, -0.1) is 6.42 Å². The zero-order valence-corrected chi connectivity index (χ0v) is 13.3. The second-order valence-electron chi connectivity index (χ2n) is 5.31. The molecule has 8 heteroatoms. The van der Waals surface area contributed by atoms with Crippen molar-refractivity contribution < 1.29 is 31.8 Å². The van der Waals surface area contributed by atoms with Gasteiger partial charge in [0.15, 0.2) is 23.3 Å². The number of aliphatic hydroxyl groups excluding tert-OH is 1. The monoisotopic (exact) mass is 371 g/mol. The maximum Gasteiger partial charge on any atom is 0.200 e. The van der Waals surface area contributed by atoms with Gasteiger partial charge in [0.1, 0.15) is 11.8 Å². The van der Waals surface area contributed by atoms with Gasteiger partial charge in [-0.3, -0.25) is 0 Å². The predicted octanol–water partition coefficient (Wildman–Crippen LogP) is 3.37. The molecule has 0 unspecified atom stereocenters. The highest BCUT2D eigenvalue weighted by molar-refractivity contribution is 5.49. The second-order valence-corrected chi connectivity index (χ2v) is 5.31. The van der Waals surface area contributed by atoms with Gasteiger partial charge in [0.25, 0.3) is 0 Å². The fourth-order valence-electron chi connectivity index (χ4n) is 2.12. The molecule has 2 aromatic rings. The maximum atomic E-state index is 13.8. The number of anilines is 1. The number of nitrogens with one attached hydrogen (secondary N) is 1. The van der Waals surface area contributed by atoms with E-state index in [-0.39, 0.29) is 13.2 Å². The molecule has 2 aromatic carbocycles. The molecule has 0 amide bonds. The van der Waals surface area contributed by atoms with Gasteiger partial charge in [-0.1, -0.05) is 36.3 Å². The Bertz CT molecular complexity index is 778. The molecule has 2 N–H and O–H groups in total. The predicted molar refractivity (Wildman–Crippen MR) is 84.6 cm³/mol. The van der Waals surface area contributed by atoms with E-state index < -0.39 is 46.9 Å². The molecule has 2 rings (SSSR count). The van der Waals surface area contributed by atoms with E-state index in [1.54, 1.807) is 30.3 Å². The van der Waals surface area contributed by atoms with Crippen molar-refractivity contribution in [3.8, 4) is 12.3 Å². The van der Waals surface area contributed by atoms with Gasteiger partial charge >= 0.3 is 0 Å². The zero-order valence-electron chi connectivity index (χ0n) is 13.3. The van der Waals surface area contributed by atoms with Crippen molar-refractivity contribution in [3.05, 3.63) is 65.0 Å². The van der Waals surface area contributed by atoms with Gasteiger partial charge in [0, 0.05) is 0 Å². The molecule has 0 aliphatic rings. The normalized spacial score (nSPS) is 13.1. The second kappa shape index (κ2) is 8.65. The topological polar surface area (TPSA) is 41.5 Å². The summed E-state index contributed by atoms with van der Waals surface area (Å²) in [6, 6.07) is 7.52. The Morgan fingerprint density at radius 2 is 1.50 bits per heavy atom. The van der Waals surface area contributed by atoms with E-state index in [4.69, 9.17) is 11.2 Å².